The lowest BCUT2D eigenvalue weighted by Gasteiger charge is -2.18. The smallest absolute Gasteiger partial charge is 0.224 e. The standard InChI is InChI=1S/C26H35N5O2.HI/c1-3-8-24(32)30-23-12-7-11-21(15-23)17-28-26(27-2)29-18-22-16-25(33)31(19-22)14-13-20-9-5-4-6-10-20;/h4-7,9-12,15,22H,3,8,13-14,16-19H2,1-2H3,(H,30,32)(H2,27,28,29);1H. The van der Waals surface area contributed by atoms with Gasteiger partial charge < -0.3 is 20.9 Å². The summed E-state index contributed by atoms with van der Waals surface area (Å²) in [5, 5.41) is 9.59. The monoisotopic (exact) mass is 577 g/mol. The number of carbonyl (C=O) groups excluding carboxylic acids is 2. The van der Waals surface area contributed by atoms with Gasteiger partial charge >= 0.3 is 0 Å². The highest BCUT2D eigenvalue weighted by Gasteiger charge is 2.29. The first-order chi connectivity index (χ1) is 16.1. The van der Waals surface area contributed by atoms with E-state index in [9.17, 15) is 9.59 Å². The predicted molar refractivity (Wildman–Crippen MR) is 148 cm³/mol. The Morgan fingerprint density at radius 2 is 1.85 bits per heavy atom. The van der Waals surface area contributed by atoms with Crippen molar-refractivity contribution in [3.63, 3.8) is 0 Å². The molecule has 1 fully saturated rings. The molecule has 1 aliphatic rings. The summed E-state index contributed by atoms with van der Waals surface area (Å²) in [5.41, 5.74) is 3.11. The van der Waals surface area contributed by atoms with Crippen LogP contribution in [0, 0.1) is 5.92 Å². The van der Waals surface area contributed by atoms with Crippen molar-refractivity contribution in [1.29, 1.82) is 0 Å². The molecule has 1 heterocycles. The Labute approximate surface area is 219 Å². The number of carbonyl (C=O) groups is 2. The van der Waals surface area contributed by atoms with E-state index in [1.54, 1.807) is 7.05 Å². The second-order valence-corrected chi connectivity index (χ2v) is 8.45. The number of nitrogens with zero attached hydrogens (tertiary/aromatic N) is 2. The molecule has 3 rings (SSSR count). The van der Waals surface area contributed by atoms with Crippen LogP contribution in [0.5, 0.6) is 0 Å². The molecule has 7 nitrogen and oxygen atoms in total. The molecular formula is C26H36IN5O2. The zero-order chi connectivity index (χ0) is 23.5. The molecule has 1 aliphatic heterocycles. The molecule has 0 aromatic heterocycles. The Morgan fingerprint density at radius 3 is 2.59 bits per heavy atom. The molecule has 3 N–H and O–H groups in total. The van der Waals surface area contributed by atoms with Gasteiger partial charge in [0.1, 0.15) is 0 Å². The molecule has 0 radical (unpaired) electrons. The van der Waals surface area contributed by atoms with Crippen molar-refractivity contribution in [3.8, 4) is 0 Å². The summed E-state index contributed by atoms with van der Waals surface area (Å²) >= 11 is 0. The third-order valence-electron chi connectivity index (χ3n) is 5.74. The van der Waals surface area contributed by atoms with Gasteiger partial charge in [-0.15, -0.1) is 24.0 Å². The maximum Gasteiger partial charge on any atom is 0.224 e. The van der Waals surface area contributed by atoms with Crippen LogP contribution in [0.2, 0.25) is 0 Å². The first kappa shape index (κ1) is 27.6. The van der Waals surface area contributed by atoms with E-state index in [0.29, 0.717) is 31.9 Å². The van der Waals surface area contributed by atoms with Gasteiger partial charge in [0.15, 0.2) is 5.96 Å². The van der Waals surface area contributed by atoms with Crippen molar-refractivity contribution in [1.82, 2.24) is 15.5 Å². The molecule has 0 saturated carbocycles. The Kier molecular flexibility index (Phi) is 11.9. The van der Waals surface area contributed by atoms with E-state index in [-0.39, 0.29) is 41.7 Å². The predicted octanol–water partition coefficient (Wildman–Crippen LogP) is 3.80. The van der Waals surface area contributed by atoms with Gasteiger partial charge in [-0.2, -0.15) is 0 Å². The Hall–Kier alpha value is -2.62. The zero-order valence-corrected chi connectivity index (χ0v) is 22.4. The number of rotatable bonds is 10. The third-order valence-corrected chi connectivity index (χ3v) is 5.74. The van der Waals surface area contributed by atoms with Crippen LogP contribution in [0.3, 0.4) is 0 Å². The van der Waals surface area contributed by atoms with Crippen molar-refractivity contribution >= 4 is 47.4 Å². The summed E-state index contributed by atoms with van der Waals surface area (Å²) in [6, 6.07) is 18.1. The summed E-state index contributed by atoms with van der Waals surface area (Å²) in [6.07, 6.45) is 2.80. The number of amides is 2. The van der Waals surface area contributed by atoms with Gasteiger partial charge in [-0.25, -0.2) is 0 Å². The minimum absolute atomic E-state index is 0. The highest BCUT2D eigenvalue weighted by molar-refractivity contribution is 14.0. The minimum atomic E-state index is 0. The van der Waals surface area contributed by atoms with Gasteiger partial charge in [0.25, 0.3) is 0 Å². The summed E-state index contributed by atoms with van der Waals surface area (Å²) in [6.45, 7) is 4.80. The van der Waals surface area contributed by atoms with E-state index in [2.05, 4.69) is 33.1 Å². The van der Waals surface area contributed by atoms with E-state index in [0.717, 1.165) is 37.2 Å². The number of halogens is 1. The van der Waals surface area contributed by atoms with Gasteiger partial charge in [-0.1, -0.05) is 49.4 Å². The fourth-order valence-corrected chi connectivity index (χ4v) is 3.97. The lowest BCUT2D eigenvalue weighted by atomic mass is 10.1. The van der Waals surface area contributed by atoms with Gasteiger partial charge in [-0.05, 0) is 36.1 Å². The van der Waals surface area contributed by atoms with Crippen LogP contribution in [0.25, 0.3) is 0 Å². The summed E-state index contributed by atoms with van der Waals surface area (Å²) in [7, 11) is 1.74. The van der Waals surface area contributed by atoms with E-state index >= 15 is 0 Å². The number of aliphatic imine (C=N–C) groups is 1. The van der Waals surface area contributed by atoms with Crippen molar-refractivity contribution in [3.05, 3.63) is 65.7 Å². The quantitative estimate of drug-likeness (QED) is 0.228. The Morgan fingerprint density at radius 1 is 1.09 bits per heavy atom. The molecule has 0 spiro atoms. The van der Waals surface area contributed by atoms with Crippen molar-refractivity contribution in [2.24, 2.45) is 10.9 Å². The fraction of sp³-hybridized carbons (Fsp3) is 0.423. The van der Waals surface area contributed by atoms with Gasteiger partial charge in [-0.3, -0.25) is 14.6 Å². The minimum Gasteiger partial charge on any atom is -0.356 e. The second-order valence-electron chi connectivity index (χ2n) is 8.45. The van der Waals surface area contributed by atoms with Crippen LogP contribution in [0.1, 0.15) is 37.3 Å². The van der Waals surface area contributed by atoms with Crippen LogP contribution in [-0.4, -0.2) is 49.4 Å². The van der Waals surface area contributed by atoms with E-state index in [1.165, 1.54) is 5.56 Å². The molecule has 2 aromatic carbocycles. The highest BCUT2D eigenvalue weighted by atomic mass is 127. The molecular weight excluding hydrogens is 541 g/mol. The first-order valence-electron chi connectivity index (χ1n) is 11.7. The molecule has 1 unspecified atom stereocenters. The van der Waals surface area contributed by atoms with E-state index in [4.69, 9.17) is 0 Å². The number of nitrogens with one attached hydrogen (secondary N) is 3. The molecule has 34 heavy (non-hydrogen) atoms. The van der Waals surface area contributed by atoms with Crippen LogP contribution in [-0.2, 0) is 22.6 Å². The number of anilines is 1. The summed E-state index contributed by atoms with van der Waals surface area (Å²) in [5.74, 6) is 1.22. The Bertz CT molecular complexity index is 951. The number of hydrogen-bond acceptors (Lipinski definition) is 3. The fourth-order valence-electron chi connectivity index (χ4n) is 3.97. The largest absolute Gasteiger partial charge is 0.356 e. The summed E-state index contributed by atoms with van der Waals surface area (Å²) < 4.78 is 0. The highest BCUT2D eigenvalue weighted by Crippen LogP contribution is 2.17. The van der Waals surface area contributed by atoms with Crippen LogP contribution in [0.4, 0.5) is 5.69 Å². The lowest BCUT2D eigenvalue weighted by molar-refractivity contribution is -0.127. The molecule has 2 amide bonds. The third kappa shape index (κ3) is 8.96. The molecule has 1 atom stereocenters. The van der Waals surface area contributed by atoms with Crippen molar-refractivity contribution in [2.75, 3.05) is 32.0 Å². The van der Waals surface area contributed by atoms with E-state index < -0.39 is 0 Å². The van der Waals surface area contributed by atoms with Crippen molar-refractivity contribution in [2.45, 2.75) is 39.2 Å². The second kappa shape index (κ2) is 14.6. The molecule has 8 heteroatoms. The maximum atomic E-state index is 12.4. The van der Waals surface area contributed by atoms with Gasteiger partial charge in [0, 0.05) is 57.7 Å². The average Bonchev–Trinajstić information content (AvgIpc) is 3.18. The normalized spacial score (nSPS) is 15.6. The van der Waals surface area contributed by atoms with Gasteiger partial charge in [0.2, 0.25) is 11.8 Å². The van der Waals surface area contributed by atoms with E-state index in [1.807, 2.05) is 54.3 Å². The van der Waals surface area contributed by atoms with Crippen LogP contribution >= 0.6 is 24.0 Å². The first-order valence-corrected chi connectivity index (χ1v) is 11.7. The van der Waals surface area contributed by atoms with Crippen molar-refractivity contribution < 1.29 is 9.59 Å². The van der Waals surface area contributed by atoms with Crippen LogP contribution in [0.15, 0.2) is 59.6 Å². The lowest BCUT2D eigenvalue weighted by Crippen LogP contribution is -2.40. The van der Waals surface area contributed by atoms with Crippen LogP contribution < -0.4 is 16.0 Å². The topological polar surface area (TPSA) is 85.8 Å². The maximum absolute atomic E-state index is 12.4. The zero-order valence-electron chi connectivity index (χ0n) is 20.0. The molecule has 184 valence electrons. The number of likely N-dealkylation sites (tertiary alicyclic amines) is 1. The molecule has 0 aliphatic carbocycles. The average molecular weight is 578 g/mol. The van der Waals surface area contributed by atoms with Gasteiger partial charge in [0.05, 0.1) is 0 Å². The SMILES string of the molecule is CCCC(=O)Nc1cccc(CNC(=NC)NCC2CC(=O)N(CCc3ccccc3)C2)c1.I. The molecule has 0 bridgehead atoms. The summed E-state index contributed by atoms with van der Waals surface area (Å²) in [4.78, 5) is 30.5. The number of guanidine groups is 1. The Balaban J connectivity index is 0.00000408. The molecule has 1 saturated heterocycles. The number of hydrogen-bond donors (Lipinski definition) is 3. The molecule has 2 aromatic rings. The number of benzene rings is 2.